The zero-order valence-corrected chi connectivity index (χ0v) is 12.4. The molecule has 3 nitrogen and oxygen atoms in total. The molecule has 2 saturated carbocycles. The Morgan fingerprint density at radius 1 is 1.00 bits per heavy atom. The number of ether oxygens (including phenoxy) is 1. The number of rotatable bonds is 5. The average Bonchev–Trinajstić information content (AvgIpc) is 2.48. The Balaban J connectivity index is 1.75. The van der Waals surface area contributed by atoms with Crippen LogP contribution in [0.1, 0.15) is 71.1 Å². The number of hydrogen-bond donors (Lipinski definition) is 0. The maximum atomic E-state index is 12.3. The molecule has 0 N–H and O–H groups in total. The van der Waals surface area contributed by atoms with Gasteiger partial charge in [0.2, 0.25) is 5.91 Å². The lowest BCUT2D eigenvalue weighted by molar-refractivity contribution is -0.141. The minimum Gasteiger partial charge on any atom is -0.368 e. The molecule has 2 aliphatic carbocycles. The third-order valence-corrected chi connectivity index (χ3v) is 4.67. The molecule has 0 aromatic rings. The summed E-state index contributed by atoms with van der Waals surface area (Å²) in [5.74, 6) is 0.208. The van der Waals surface area contributed by atoms with E-state index in [1.807, 2.05) is 0 Å². The lowest BCUT2D eigenvalue weighted by Gasteiger charge is -2.34. The zero-order chi connectivity index (χ0) is 13.5. The zero-order valence-electron chi connectivity index (χ0n) is 12.4. The number of hydrogen-bond acceptors (Lipinski definition) is 2. The monoisotopic (exact) mass is 267 g/mol. The van der Waals surface area contributed by atoms with Crippen LogP contribution < -0.4 is 0 Å². The van der Waals surface area contributed by atoms with Crippen LogP contribution in [0.25, 0.3) is 0 Å². The van der Waals surface area contributed by atoms with Crippen LogP contribution in [0.15, 0.2) is 0 Å². The summed E-state index contributed by atoms with van der Waals surface area (Å²) in [6.45, 7) is 3.22. The summed E-state index contributed by atoms with van der Waals surface area (Å²) < 4.78 is 5.83. The SMILES string of the molecule is CCN(C(=O)COC1CCCCC1)C1CCCCC1. The highest BCUT2D eigenvalue weighted by Crippen LogP contribution is 2.23. The molecule has 0 aliphatic heterocycles. The first-order valence-electron chi connectivity index (χ1n) is 8.22. The Morgan fingerprint density at radius 3 is 2.16 bits per heavy atom. The van der Waals surface area contributed by atoms with Gasteiger partial charge in [-0.15, -0.1) is 0 Å². The largest absolute Gasteiger partial charge is 0.368 e. The van der Waals surface area contributed by atoms with Crippen LogP contribution in [-0.2, 0) is 9.53 Å². The second-order valence-electron chi connectivity index (χ2n) is 6.04. The molecule has 19 heavy (non-hydrogen) atoms. The maximum absolute atomic E-state index is 12.3. The van der Waals surface area contributed by atoms with Crippen LogP contribution in [0.5, 0.6) is 0 Å². The molecule has 1 amide bonds. The topological polar surface area (TPSA) is 29.5 Å². The molecule has 0 bridgehead atoms. The lowest BCUT2D eigenvalue weighted by Crippen LogP contribution is -2.43. The summed E-state index contributed by atoms with van der Waals surface area (Å²) >= 11 is 0. The van der Waals surface area contributed by atoms with Crippen LogP contribution in [-0.4, -0.2) is 36.1 Å². The van der Waals surface area contributed by atoms with E-state index < -0.39 is 0 Å². The Morgan fingerprint density at radius 2 is 1.58 bits per heavy atom. The molecule has 0 atom stereocenters. The van der Waals surface area contributed by atoms with Gasteiger partial charge >= 0.3 is 0 Å². The first kappa shape index (κ1) is 14.8. The summed E-state index contributed by atoms with van der Waals surface area (Å²) in [6, 6.07) is 0.473. The molecule has 2 fully saturated rings. The molecule has 0 spiro atoms. The normalized spacial score (nSPS) is 22.4. The van der Waals surface area contributed by atoms with Gasteiger partial charge in [-0.3, -0.25) is 4.79 Å². The van der Waals surface area contributed by atoms with E-state index in [1.165, 1.54) is 51.4 Å². The van der Waals surface area contributed by atoms with E-state index >= 15 is 0 Å². The molecule has 2 aliphatic rings. The number of likely N-dealkylation sites (N-methyl/N-ethyl adjacent to an activating group) is 1. The summed E-state index contributed by atoms with van der Waals surface area (Å²) in [7, 11) is 0. The molecule has 110 valence electrons. The second kappa shape index (κ2) is 7.88. The van der Waals surface area contributed by atoms with Crippen LogP contribution in [0.4, 0.5) is 0 Å². The van der Waals surface area contributed by atoms with Gasteiger partial charge < -0.3 is 9.64 Å². The Hall–Kier alpha value is -0.570. The molecule has 2 rings (SSSR count). The van der Waals surface area contributed by atoms with Crippen molar-refractivity contribution in [3.63, 3.8) is 0 Å². The average molecular weight is 267 g/mol. The minimum absolute atomic E-state index is 0.208. The third kappa shape index (κ3) is 4.48. The van der Waals surface area contributed by atoms with Gasteiger partial charge in [0.15, 0.2) is 0 Å². The summed E-state index contributed by atoms with van der Waals surface area (Å²) in [5.41, 5.74) is 0. The molecule has 0 saturated heterocycles. The second-order valence-corrected chi connectivity index (χ2v) is 6.04. The molecular formula is C16H29NO2. The van der Waals surface area contributed by atoms with Gasteiger partial charge in [-0.2, -0.15) is 0 Å². The number of carbonyl (C=O) groups is 1. The standard InChI is InChI=1S/C16H29NO2/c1-2-17(14-9-5-3-6-10-14)16(18)13-19-15-11-7-4-8-12-15/h14-15H,2-13H2,1H3. The number of carbonyl (C=O) groups excluding carboxylic acids is 1. The van der Waals surface area contributed by atoms with Crippen LogP contribution in [0.2, 0.25) is 0 Å². The predicted molar refractivity (Wildman–Crippen MR) is 77.1 cm³/mol. The van der Waals surface area contributed by atoms with E-state index in [-0.39, 0.29) is 5.91 Å². The van der Waals surface area contributed by atoms with E-state index in [0.29, 0.717) is 18.8 Å². The Labute approximate surface area is 117 Å². The molecule has 0 aromatic heterocycles. The van der Waals surface area contributed by atoms with Crippen LogP contribution >= 0.6 is 0 Å². The van der Waals surface area contributed by atoms with Crippen molar-refractivity contribution >= 4 is 5.91 Å². The van der Waals surface area contributed by atoms with Gasteiger partial charge in [-0.25, -0.2) is 0 Å². The minimum atomic E-state index is 0.208. The fourth-order valence-corrected chi connectivity index (χ4v) is 3.53. The molecule has 0 radical (unpaired) electrons. The van der Waals surface area contributed by atoms with Gasteiger partial charge in [0, 0.05) is 12.6 Å². The van der Waals surface area contributed by atoms with Crippen molar-refractivity contribution in [1.29, 1.82) is 0 Å². The highest BCUT2D eigenvalue weighted by atomic mass is 16.5. The first-order chi connectivity index (χ1) is 9.31. The van der Waals surface area contributed by atoms with Crippen molar-refractivity contribution < 1.29 is 9.53 Å². The first-order valence-corrected chi connectivity index (χ1v) is 8.22. The smallest absolute Gasteiger partial charge is 0.248 e. The molecule has 3 heteroatoms. The van der Waals surface area contributed by atoms with Crippen LogP contribution in [0.3, 0.4) is 0 Å². The van der Waals surface area contributed by atoms with Crippen molar-refractivity contribution in [1.82, 2.24) is 4.90 Å². The molecule has 0 heterocycles. The molecule has 0 aromatic carbocycles. The van der Waals surface area contributed by atoms with Crippen molar-refractivity contribution in [3.05, 3.63) is 0 Å². The fraction of sp³-hybridized carbons (Fsp3) is 0.938. The van der Waals surface area contributed by atoms with Crippen molar-refractivity contribution in [2.75, 3.05) is 13.2 Å². The number of nitrogens with zero attached hydrogens (tertiary/aromatic N) is 1. The van der Waals surface area contributed by atoms with E-state index in [0.717, 1.165) is 19.4 Å². The Bertz CT molecular complexity index is 268. The maximum Gasteiger partial charge on any atom is 0.248 e. The van der Waals surface area contributed by atoms with E-state index in [1.54, 1.807) is 0 Å². The van der Waals surface area contributed by atoms with E-state index in [2.05, 4.69) is 11.8 Å². The lowest BCUT2D eigenvalue weighted by atomic mass is 9.94. The molecule has 0 unspecified atom stereocenters. The van der Waals surface area contributed by atoms with Crippen molar-refractivity contribution in [2.45, 2.75) is 83.3 Å². The van der Waals surface area contributed by atoms with Gasteiger partial charge in [0.1, 0.15) is 6.61 Å². The Kier molecular flexibility index (Phi) is 6.15. The molecular weight excluding hydrogens is 238 g/mol. The quantitative estimate of drug-likeness (QED) is 0.763. The number of amides is 1. The third-order valence-electron chi connectivity index (χ3n) is 4.67. The fourth-order valence-electron chi connectivity index (χ4n) is 3.53. The van der Waals surface area contributed by atoms with Gasteiger partial charge in [0.25, 0.3) is 0 Å². The van der Waals surface area contributed by atoms with Crippen molar-refractivity contribution in [2.24, 2.45) is 0 Å². The highest BCUT2D eigenvalue weighted by molar-refractivity contribution is 5.77. The summed E-state index contributed by atoms with van der Waals surface area (Å²) in [4.78, 5) is 14.4. The van der Waals surface area contributed by atoms with Gasteiger partial charge in [0.05, 0.1) is 6.10 Å². The van der Waals surface area contributed by atoms with E-state index in [4.69, 9.17) is 4.74 Å². The van der Waals surface area contributed by atoms with Gasteiger partial charge in [-0.1, -0.05) is 38.5 Å². The van der Waals surface area contributed by atoms with Gasteiger partial charge in [-0.05, 0) is 32.6 Å². The summed E-state index contributed by atoms with van der Waals surface area (Å²) in [5, 5.41) is 0. The predicted octanol–water partition coefficient (Wildman–Crippen LogP) is 3.52. The van der Waals surface area contributed by atoms with Crippen LogP contribution in [0, 0.1) is 0 Å². The summed E-state index contributed by atoms with van der Waals surface area (Å²) in [6.07, 6.45) is 12.7. The van der Waals surface area contributed by atoms with E-state index in [9.17, 15) is 4.79 Å². The van der Waals surface area contributed by atoms with Crippen molar-refractivity contribution in [3.8, 4) is 0 Å². The highest BCUT2D eigenvalue weighted by Gasteiger charge is 2.25.